The Kier molecular flexibility index (Phi) is 6.64. The Morgan fingerprint density at radius 1 is 1.29 bits per heavy atom. The maximum Gasteiger partial charge on any atom is 0.416 e. The number of hydrogen-bond acceptors (Lipinski definition) is 7. The Bertz CT molecular complexity index is 989. The molecule has 1 N–H and O–H groups in total. The maximum atomic E-state index is 13.2. The summed E-state index contributed by atoms with van der Waals surface area (Å²) >= 11 is 0. The number of nitro groups is 1. The van der Waals surface area contributed by atoms with Crippen molar-refractivity contribution in [3.05, 3.63) is 51.6 Å². The second-order valence-electron chi connectivity index (χ2n) is 6.63. The van der Waals surface area contributed by atoms with E-state index in [4.69, 9.17) is 9.47 Å². The number of ether oxygens (including phenoxy) is 2. The van der Waals surface area contributed by atoms with E-state index in [2.05, 4.69) is 4.99 Å². The second kappa shape index (κ2) is 9.21. The summed E-state index contributed by atoms with van der Waals surface area (Å²) in [6.45, 7) is 3.60. The molecule has 0 atom stereocenters. The summed E-state index contributed by atoms with van der Waals surface area (Å²) in [5.74, 6) is -0.508. The van der Waals surface area contributed by atoms with Crippen molar-refractivity contribution in [2.45, 2.75) is 13.1 Å². The van der Waals surface area contributed by atoms with Crippen molar-refractivity contribution in [3.8, 4) is 11.5 Å². The highest BCUT2D eigenvalue weighted by molar-refractivity contribution is 5.89. The molecule has 1 aliphatic rings. The number of phenols is 1. The molecule has 0 aliphatic carbocycles. The number of morpholine rings is 1. The molecule has 2 aromatic rings. The normalized spacial score (nSPS) is 14.8. The van der Waals surface area contributed by atoms with Gasteiger partial charge in [-0.05, 0) is 25.1 Å². The lowest BCUT2D eigenvalue weighted by Gasteiger charge is -2.30. The second-order valence-corrected chi connectivity index (χ2v) is 6.63. The van der Waals surface area contributed by atoms with Crippen LogP contribution in [-0.2, 0) is 10.9 Å². The molecule has 2 aromatic carbocycles. The van der Waals surface area contributed by atoms with Gasteiger partial charge in [0, 0.05) is 30.9 Å². The van der Waals surface area contributed by atoms with Gasteiger partial charge >= 0.3 is 6.18 Å². The fraction of sp³-hybridized carbons (Fsp3) is 0.350. The van der Waals surface area contributed by atoms with Gasteiger partial charge in [0.25, 0.3) is 5.69 Å². The molecule has 8 nitrogen and oxygen atoms in total. The third-order valence-electron chi connectivity index (χ3n) is 4.60. The number of non-ortho nitro benzene ring substituents is 1. The Morgan fingerprint density at radius 2 is 2.00 bits per heavy atom. The molecule has 1 fully saturated rings. The van der Waals surface area contributed by atoms with Crippen LogP contribution >= 0.6 is 0 Å². The molecule has 0 unspecified atom stereocenters. The van der Waals surface area contributed by atoms with Crippen LogP contribution in [0.1, 0.15) is 18.1 Å². The van der Waals surface area contributed by atoms with Crippen LogP contribution in [0.15, 0.2) is 35.3 Å². The number of aromatic hydroxyl groups is 1. The Labute approximate surface area is 175 Å². The highest BCUT2D eigenvalue weighted by Gasteiger charge is 2.31. The first kappa shape index (κ1) is 22.3. The van der Waals surface area contributed by atoms with Crippen LogP contribution in [0.3, 0.4) is 0 Å². The largest absolute Gasteiger partial charge is 0.504 e. The van der Waals surface area contributed by atoms with Crippen molar-refractivity contribution >= 4 is 23.3 Å². The van der Waals surface area contributed by atoms with E-state index in [0.29, 0.717) is 32.0 Å². The van der Waals surface area contributed by atoms with Gasteiger partial charge in [0.1, 0.15) is 0 Å². The number of halogens is 3. The molecule has 0 aromatic heterocycles. The zero-order chi connectivity index (χ0) is 22.6. The predicted octanol–water partition coefficient (Wildman–Crippen LogP) is 4.31. The molecular formula is C20H20F3N3O5. The number of rotatable bonds is 6. The van der Waals surface area contributed by atoms with E-state index in [1.165, 1.54) is 6.07 Å². The van der Waals surface area contributed by atoms with Crippen molar-refractivity contribution in [2.24, 2.45) is 4.99 Å². The van der Waals surface area contributed by atoms with Crippen LogP contribution in [-0.4, -0.2) is 49.2 Å². The molecule has 166 valence electrons. The predicted molar refractivity (Wildman–Crippen MR) is 108 cm³/mol. The molecule has 1 saturated heterocycles. The topological polar surface area (TPSA) is 97.4 Å². The molecule has 0 saturated carbocycles. The molecule has 0 bridgehead atoms. The quantitative estimate of drug-likeness (QED) is 0.409. The Morgan fingerprint density at radius 3 is 2.61 bits per heavy atom. The van der Waals surface area contributed by atoms with Gasteiger partial charge in [-0.3, -0.25) is 15.1 Å². The van der Waals surface area contributed by atoms with Crippen molar-refractivity contribution in [3.63, 3.8) is 0 Å². The molecule has 11 heteroatoms. The molecule has 31 heavy (non-hydrogen) atoms. The van der Waals surface area contributed by atoms with E-state index in [-0.39, 0.29) is 29.3 Å². The summed E-state index contributed by atoms with van der Waals surface area (Å²) < 4.78 is 50.2. The standard InChI is InChI=1S/C20H20F3N3O5/c1-2-31-18-11-15(26(28)29)9-13(19(18)27)12-24-16-10-14(20(21,22)23)3-4-17(16)25-5-7-30-8-6-25/h3-4,9-12,27H,2,5-8H2,1H3. The van der Waals surface area contributed by atoms with Gasteiger partial charge in [-0.15, -0.1) is 0 Å². The molecule has 0 spiro atoms. The lowest BCUT2D eigenvalue weighted by molar-refractivity contribution is -0.385. The molecular weight excluding hydrogens is 419 g/mol. The van der Waals surface area contributed by atoms with Gasteiger partial charge in [0.15, 0.2) is 11.5 Å². The van der Waals surface area contributed by atoms with Crippen LogP contribution in [0.2, 0.25) is 0 Å². The van der Waals surface area contributed by atoms with Gasteiger partial charge in [0.2, 0.25) is 0 Å². The molecule has 1 aliphatic heterocycles. The van der Waals surface area contributed by atoms with E-state index in [9.17, 15) is 28.4 Å². The summed E-state index contributed by atoms with van der Waals surface area (Å²) in [7, 11) is 0. The van der Waals surface area contributed by atoms with Gasteiger partial charge in [-0.1, -0.05) is 0 Å². The average molecular weight is 439 g/mol. The zero-order valence-electron chi connectivity index (χ0n) is 16.6. The summed E-state index contributed by atoms with van der Waals surface area (Å²) in [4.78, 5) is 16.5. The van der Waals surface area contributed by atoms with Gasteiger partial charge in [0.05, 0.1) is 47.7 Å². The fourth-order valence-corrected chi connectivity index (χ4v) is 3.10. The first-order valence-electron chi connectivity index (χ1n) is 9.43. The Hall–Kier alpha value is -3.34. The number of alkyl halides is 3. The fourth-order valence-electron chi connectivity index (χ4n) is 3.10. The van der Waals surface area contributed by atoms with E-state index in [1.54, 1.807) is 6.92 Å². The SMILES string of the molecule is CCOc1cc([N+](=O)[O-])cc(C=Nc2cc(C(F)(F)F)ccc2N2CCOCC2)c1O. The molecule has 3 rings (SSSR count). The third kappa shape index (κ3) is 5.23. The first-order chi connectivity index (χ1) is 14.7. The van der Waals surface area contributed by atoms with Crippen LogP contribution in [0, 0.1) is 10.1 Å². The van der Waals surface area contributed by atoms with Gasteiger partial charge < -0.3 is 19.5 Å². The molecule has 1 heterocycles. The summed E-state index contributed by atoms with van der Waals surface area (Å²) in [6.07, 6.45) is -3.48. The summed E-state index contributed by atoms with van der Waals surface area (Å²) in [5, 5.41) is 21.6. The zero-order valence-corrected chi connectivity index (χ0v) is 16.6. The Balaban J connectivity index is 2.06. The number of hydrogen-bond donors (Lipinski definition) is 1. The highest BCUT2D eigenvalue weighted by atomic mass is 19.4. The van der Waals surface area contributed by atoms with Crippen LogP contribution in [0.25, 0.3) is 0 Å². The number of aliphatic imine (C=N–C) groups is 1. The summed E-state index contributed by atoms with van der Waals surface area (Å²) in [6, 6.07) is 5.35. The highest BCUT2D eigenvalue weighted by Crippen LogP contribution is 2.38. The van der Waals surface area contributed by atoms with Crippen LogP contribution in [0.4, 0.5) is 30.2 Å². The minimum absolute atomic E-state index is 0.0144. The lowest BCUT2D eigenvalue weighted by Crippen LogP contribution is -2.36. The minimum Gasteiger partial charge on any atom is -0.504 e. The smallest absolute Gasteiger partial charge is 0.416 e. The van der Waals surface area contributed by atoms with Crippen molar-refractivity contribution < 1.29 is 32.7 Å². The number of nitro benzene ring substituents is 1. The van der Waals surface area contributed by atoms with Crippen LogP contribution in [0.5, 0.6) is 11.5 Å². The van der Waals surface area contributed by atoms with Crippen molar-refractivity contribution in [1.29, 1.82) is 0 Å². The van der Waals surface area contributed by atoms with E-state index in [0.717, 1.165) is 30.5 Å². The lowest BCUT2D eigenvalue weighted by atomic mass is 10.1. The third-order valence-corrected chi connectivity index (χ3v) is 4.60. The van der Waals surface area contributed by atoms with Gasteiger partial charge in [-0.25, -0.2) is 0 Å². The number of phenolic OH excluding ortho intramolecular Hbond substituents is 1. The molecule has 0 radical (unpaired) electrons. The number of anilines is 1. The van der Waals surface area contributed by atoms with Gasteiger partial charge in [-0.2, -0.15) is 13.2 Å². The number of benzene rings is 2. The minimum atomic E-state index is -4.57. The van der Waals surface area contributed by atoms with E-state index < -0.39 is 22.4 Å². The van der Waals surface area contributed by atoms with Crippen LogP contribution < -0.4 is 9.64 Å². The number of nitrogens with zero attached hydrogens (tertiary/aromatic N) is 3. The van der Waals surface area contributed by atoms with Crippen molar-refractivity contribution in [2.75, 3.05) is 37.8 Å². The molecule has 0 amide bonds. The maximum absolute atomic E-state index is 13.2. The average Bonchev–Trinajstić information content (AvgIpc) is 2.74. The first-order valence-corrected chi connectivity index (χ1v) is 9.43. The van der Waals surface area contributed by atoms with Crippen molar-refractivity contribution in [1.82, 2.24) is 0 Å². The summed E-state index contributed by atoms with van der Waals surface area (Å²) in [5.41, 5.74) is -0.804. The monoisotopic (exact) mass is 439 g/mol. The van der Waals surface area contributed by atoms with E-state index in [1.807, 2.05) is 4.90 Å². The van der Waals surface area contributed by atoms with E-state index >= 15 is 0 Å².